The van der Waals surface area contributed by atoms with Gasteiger partial charge in [0, 0.05) is 19.3 Å². The molecule has 1 atom stereocenters. The van der Waals surface area contributed by atoms with Gasteiger partial charge in [-0.15, -0.1) is 10.1 Å². The molecule has 2 heterocycles. The minimum atomic E-state index is -1.07. The van der Waals surface area contributed by atoms with Crippen LogP contribution >= 0.6 is 0 Å². The maximum atomic E-state index is 12.1. The number of hydrogen-bond acceptors (Lipinski definition) is 7. The topological polar surface area (TPSA) is 113 Å². The van der Waals surface area contributed by atoms with E-state index in [-0.39, 0.29) is 25.9 Å². The number of hydrogen-bond donors (Lipinski definition) is 1. The fraction of sp³-hybridized carbons (Fsp3) is 0.444. The maximum Gasteiger partial charge on any atom is 0.332 e. The summed E-state index contributed by atoms with van der Waals surface area (Å²) in [5, 5.41) is 11.0. The molecule has 3 amide bonds. The highest BCUT2D eigenvalue weighted by atomic mass is 16.7. The molecule has 1 N–H and O–H groups in total. The van der Waals surface area contributed by atoms with Gasteiger partial charge in [0.25, 0.3) is 17.7 Å². The Morgan fingerprint density at radius 3 is 2.33 bits per heavy atom. The molecule has 0 spiro atoms. The van der Waals surface area contributed by atoms with Crippen LogP contribution in [0.2, 0.25) is 0 Å². The molecule has 3 rings (SSSR count). The normalized spacial score (nSPS) is 19.0. The van der Waals surface area contributed by atoms with Gasteiger partial charge >= 0.3 is 5.97 Å². The van der Waals surface area contributed by atoms with Gasteiger partial charge in [-0.25, -0.2) is 4.79 Å². The minimum Gasteiger partial charge on any atom is -0.370 e. The highest BCUT2D eigenvalue weighted by Gasteiger charge is 2.36. The lowest BCUT2D eigenvalue weighted by Gasteiger charge is -2.18. The van der Waals surface area contributed by atoms with Gasteiger partial charge in [-0.05, 0) is 25.0 Å². The van der Waals surface area contributed by atoms with Gasteiger partial charge in [0.1, 0.15) is 0 Å². The van der Waals surface area contributed by atoms with E-state index in [0.29, 0.717) is 35.5 Å². The van der Waals surface area contributed by atoms with E-state index >= 15 is 0 Å². The summed E-state index contributed by atoms with van der Waals surface area (Å²) in [6.45, 7) is 0.157. The number of amides is 3. The molecular formula is C18H20N2O7. The van der Waals surface area contributed by atoms with Crippen LogP contribution in [0.15, 0.2) is 24.3 Å². The first-order valence-corrected chi connectivity index (χ1v) is 8.80. The van der Waals surface area contributed by atoms with Crippen molar-refractivity contribution in [2.75, 3.05) is 6.61 Å². The van der Waals surface area contributed by atoms with Crippen molar-refractivity contribution in [3.05, 3.63) is 35.4 Å². The number of aliphatic hydroxyl groups is 1. The molecule has 1 saturated heterocycles. The zero-order valence-electron chi connectivity index (χ0n) is 14.6. The summed E-state index contributed by atoms with van der Waals surface area (Å²) in [7, 11) is 0. The van der Waals surface area contributed by atoms with Gasteiger partial charge in [0.2, 0.25) is 0 Å². The molecule has 0 radical (unpaired) electrons. The van der Waals surface area contributed by atoms with E-state index in [9.17, 15) is 24.3 Å². The lowest BCUT2D eigenvalue weighted by molar-refractivity contribution is -0.220. The van der Waals surface area contributed by atoms with E-state index in [4.69, 9.17) is 9.68 Å². The molecule has 9 nitrogen and oxygen atoms in total. The summed E-state index contributed by atoms with van der Waals surface area (Å²) in [6, 6.07) is 6.52. The average Bonchev–Trinajstić information content (AvgIpc) is 3.10. The van der Waals surface area contributed by atoms with Crippen LogP contribution in [0.4, 0.5) is 0 Å². The van der Waals surface area contributed by atoms with E-state index in [2.05, 4.69) is 0 Å². The van der Waals surface area contributed by atoms with Crippen LogP contribution in [0.25, 0.3) is 0 Å². The molecule has 0 bridgehead atoms. The second-order valence-corrected chi connectivity index (χ2v) is 6.30. The summed E-state index contributed by atoms with van der Waals surface area (Å²) in [5.41, 5.74) is 0.646. The molecule has 0 saturated carbocycles. The Kier molecular flexibility index (Phi) is 5.82. The zero-order valence-corrected chi connectivity index (χ0v) is 14.6. The van der Waals surface area contributed by atoms with E-state index in [1.165, 1.54) is 0 Å². The fourth-order valence-electron chi connectivity index (χ4n) is 2.90. The number of rotatable bonds is 8. The lowest BCUT2D eigenvalue weighted by Crippen LogP contribution is -2.35. The zero-order chi connectivity index (χ0) is 19.4. The first-order valence-electron chi connectivity index (χ1n) is 8.80. The molecule has 144 valence electrons. The monoisotopic (exact) mass is 376 g/mol. The molecule has 27 heavy (non-hydrogen) atoms. The fourth-order valence-corrected chi connectivity index (χ4v) is 2.90. The van der Waals surface area contributed by atoms with Crippen molar-refractivity contribution in [1.82, 2.24) is 10.1 Å². The van der Waals surface area contributed by atoms with Crippen LogP contribution in [0.5, 0.6) is 0 Å². The van der Waals surface area contributed by atoms with Crippen molar-refractivity contribution in [3.8, 4) is 0 Å². The average molecular weight is 376 g/mol. The third kappa shape index (κ3) is 4.15. The van der Waals surface area contributed by atoms with Crippen molar-refractivity contribution >= 4 is 23.7 Å². The summed E-state index contributed by atoms with van der Waals surface area (Å²) >= 11 is 0. The molecule has 2 aliphatic heterocycles. The van der Waals surface area contributed by atoms with Crippen LogP contribution in [-0.2, 0) is 19.3 Å². The molecule has 0 aliphatic carbocycles. The number of carbonyl (C=O) groups excluding carboxylic acids is 4. The number of unbranched alkanes of at least 4 members (excludes halogenated alkanes) is 2. The summed E-state index contributed by atoms with van der Waals surface area (Å²) in [5.74, 6) is -1.96. The van der Waals surface area contributed by atoms with Gasteiger partial charge in [-0.1, -0.05) is 18.6 Å². The van der Waals surface area contributed by atoms with E-state index in [1.807, 2.05) is 0 Å². The molecule has 2 aliphatic rings. The molecule has 9 heteroatoms. The molecule has 1 fully saturated rings. The molecule has 1 aromatic carbocycles. The van der Waals surface area contributed by atoms with Crippen LogP contribution in [0, 0.1) is 0 Å². The highest BCUT2D eigenvalue weighted by molar-refractivity contribution is 6.20. The van der Waals surface area contributed by atoms with Gasteiger partial charge in [-0.2, -0.15) is 0 Å². The standard InChI is InChI=1S/C18H20N2O7/c21-14-9-10-15(22)19(14)27-16(23)8-2-1-5-11-26-20-17(24)12-6-3-4-7-13(12)18(20)25/h3-4,6-7,14,21H,1-2,5,8-11H2. The van der Waals surface area contributed by atoms with Crippen molar-refractivity contribution in [1.29, 1.82) is 0 Å². The van der Waals surface area contributed by atoms with Crippen molar-refractivity contribution in [2.24, 2.45) is 0 Å². The number of hydroxylamine groups is 4. The van der Waals surface area contributed by atoms with Crippen LogP contribution < -0.4 is 0 Å². The van der Waals surface area contributed by atoms with Gasteiger partial charge in [-0.3, -0.25) is 19.2 Å². The van der Waals surface area contributed by atoms with E-state index in [0.717, 1.165) is 5.06 Å². The van der Waals surface area contributed by atoms with Crippen LogP contribution in [0.1, 0.15) is 59.2 Å². The number of benzene rings is 1. The first kappa shape index (κ1) is 19.0. The minimum absolute atomic E-state index is 0.0868. The number of carbonyl (C=O) groups is 4. The van der Waals surface area contributed by atoms with Crippen LogP contribution in [-0.4, -0.2) is 51.8 Å². The lowest BCUT2D eigenvalue weighted by atomic mass is 10.1. The van der Waals surface area contributed by atoms with Gasteiger partial charge in [0.15, 0.2) is 6.23 Å². The maximum absolute atomic E-state index is 12.1. The third-order valence-corrected chi connectivity index (χ3v) is 4.34. The van der Waals surface area contributed by atoms with Crippen LogP contribution in [0.3, 0.4) is 0 Å². The summed E-state index contributed by atoms with van der Waals surface area (Å²) in [6.07, 6.45) is 1.05. The Morgan fingerprint density at radius 2 is 1.74 bits per heavy atom. The quantitative estimate of drug-likeness (QED) is 0.535. The predicted octanol–water partition coefficient (Wildman–Crippen LogP) is 1.17. The number of imide groups is 1. The predicted molar refractivity (Wildman–Crippen MR) is 89.5 cm³/mol. The summed E-state index contributed by atoms with van der Waals surface area (Å²) < 4.78 is 0. The highest BCUT2D eigenvalue weighted by Crippen LogP contribution is 2.23. The number of nitrogens with zero attached hydrogens (tertiary/aromatic N) is 2. The Morgan fingerprint density at radius 1 is 1.07 bits per heavy atom. The Hall–Kier alpha value is -2.78. The SMILES string of the molecule is O=C(CCCCCON1C(=O)c2ccccc2C1=O)ON1C(=O)CCC1O. The Labute approximate surface area is 155 Å². The van der Waals surface area contributed by atoms with Crippen molar-refractivity contribution in [3.63, 3.8) is 0 Å². The van der Waals surface area contributed by atoms with E-state index < -0.39 is 29.9 Å². The largest absolute Gasteiger partial charge is 0.370 e. The third-order valence-electron chi connectivity index (χ3n) is 4.34. The molecular weight excluding hydrogens is 356 g/mol. The van der Waals surface area contributed by atoms with Gasteiger partial charge in [0.05, 0.1) is 17.7 Å². The summed E-state index contributed by atoms with van der Waals surface area (Å²) in [4.78, 5) is 57.4. The van der Waals surface area contributed by atoms with E-state index in [1.54, 1.807) is 24.3 Å². The smallest absolute Gasteiger partial charge is 0.332 e. The Balaban J connectivity index is 1.32. The second-order valence-electron chi connectivity index (χ2n) is 6.30. The molecule has 1 aromatic rings. The van der Waals surface area contributed by atoms with Crippen molar-refractivity contribution in [2.45, 2.75) is 44.8 Å². The first-order chi connectivity index (χ1) is 13.0. The molecule has 0 aromatic heterocycles. The molecule has 1 unspecified atom stereocenters. The van der Waals surface area contributed by atoms with Crippen molar-refractivity contribution < 1.29 is 34.0 Å². The number of fused-ring (bicyclic) bond motifs is 1. The van der Waals surface area contributed by atoms with Gasteiger partial charge < -0.3 is 9.94 Å². The number of aliphatic hydroxyl groups excluding tert-OH is 1. The second kappa shape index (κ2) is 8.28. The Bertz CT molecular complexity index is 729.